The zero-order valence-corrected chi connectivity index (χ0v) is 7.27. The average molecular weight is 157 g/mol. The summed E-state index contributed by atoms with van der Waals surface area (Å²) in [5.74, 6) is 0. The van der Waals surface area contributed by atoms with Crippen molar-refractivity contribution >= 4 is 11.8 Å². The number of thioether (sulfide) groups is 1. The molecule has 0 N–H and O–H groups in total. The van der Waals surface area contributed by atoms with Crippen LogP contribution in [0.25, 0.3) is 10.4 Å². The van der Waals surface area contributed by atoms with Crippen LogP contribution in [0.1, 0.15) is 20.3 Å². The van der Waals surface area contributed by atoms with Crippen molar-refractivity contribution in [3.63, 3.8) is 0 Å². The number of nitrogens with zero attached hydrogens (tertiary/aromatic N) is 3. The lowest BCUT2D eigenvalue weighted by molar-refractivity contribution is 0.596. The lowest BCUT2D eigenvalue weighted by Gasteiger charge is -2.09. The molecule has 1 fully saturated rings. The highest BCUT2D eigenvalue weighted by molar-refractivity contribution is 8.00. The summed E-state index contributed by atoms with van der Waals surface area (Å²) < 4.78 is 0. The van der Waals surface area contributed by atoms with Crippen LogP contribution < -0.4 is 0 Å². The number of azide groups is 1. The molecule has 1 atom stereocenters. The Balaban J connectivity index is 2.77. The molecule has 0 aliphatic heterocycles. The molecule has 0 heterocycles. The maximum atomic E-state index is 8.25. The van der Waals surface area contributed by atoms with Gasteiger partial charge in [-0.25, -0.2) is 0 Å². The average Bonchev–Trinajstić information content (AvgIpc) is 2.37. The van der Waals surface area contributed by atoms with E-state index in [-0.39, 0.29) is 10.3 Å². The van der Waals surface area contributed by atoms with E-state index in [1.54, 1.807) is 11.8 Å². The molecule has 1 unspecified atom stereocenters. The third-order valence-electron chi connectivity index (χ3n) is 2.16. The Morgan fingerprint density at radius 1 is 1.60 bits per heavy atom. The summed E-state index contributed by atoms with van der Waals surface area (Å²) in [5.41, 5.74) is 8.46. The molecule has 1 aliphatic carbocycles. The molecule has 4 heteroatoms. The normalized spacial score (nSPS) is 34.7. The Labute approximate surface area is 64.8 Å². The first-order valence-corrected chi connectivity index (χ1v) is 4.42. The van der Waals surface area contributed by atoms with E-state index in [2.05, 4.69) is 23.9 Å². The first kappa shape index (κ1) is 7.76. The van der Waals surface area contributed by atoms with Crippen molar-refractivity contribution in [2.45, 2.75) is 25.1 Å². The van der Waals surface area contributed by atoms with Gasteiger partial charge in [0.1, 0.15) is 0 Å². The Morgan fingerprint density at radius 2 is 2.10 bits per heavy atom. The fourth-order valence-electron chi connectivity index (χ4n) is 1.19. The molecular formula is C6H11N3S. The van der Waals surface area contributed by atoms with Crippen molar-refractivity contribution in [1.29, 1.82) is 0 Å². The minimum Gasteiger partial charge on any atom is -0.152 e. The van der Waals surface area contributed by atoms with E-state index >= 15 is 0 Å². The summed E-state index contributed by atoms with van der Waals surface area (Å²) in [6.45, 7) is 4.25. The number of rotatable bonds is 2. The van der Waals surface area contributed by atoms with E-state index in [4.69, 9.17) is 5.53 Å². The van der Waals surface area contributed by atoms with E-state index < -0.39 is 0 Å². The topological polar surface area (TPSA) is 48.8 Å². The van der Waals surface area contributed by atoms with Crippen LogP contribution in [0.3, 0.4) is 0 Å². The molecule has 0 spiro atoms. The Bertz CT molecular complexity index is 195. The molecule has 1 saturated carbocycles. The molecule has 10 heavy (non-hydrogen) atoms. The molecule has 0 radical (unpaired) electrons. The molecule has 56 valence electrons. The summed E-state index contributed by atoms with van der Waals surface area (Å²) in [6, 6.07) is 0. The minimum atomic E-state index is -0.137. The Hall–Kier alpha value is -0.340. The van der Waals surface area contributed by atoms with Crippen LogP contribution in [0.15, 0.2) is 5.11 Å². The molecule has 1 aliphatic rings. The van der Waals surface area contributed by atoms with Gasteiger partial charge in [-0.05, 0) is 23.6 Å². The lowest BCUT2D eigenvalue weighted by Crippen LogP contribution is -2.05. The van der Waals surface area contributed by atoms with Crippen LogP contribution >= 0.6 is 11.8 Å². The highest BCUT2D eigenvalue weighted by Gasteiger charge is 2.60. The van der Waals surface area contributed by atoms with Gasteiger partial charge in [0.25, 0.3) is 0 Å². The zero-order chi connectivity index (χ0) is 7.83. The predicted molar refractivity (Wildman–Crippen MR) is 43.8 cm³/mol. The second-order valence-corrected chi connectivity index (χ2v) is 4.32. The van der Waals surface area contributed by atoms with Gasteiger partial charge in [-0.1, -0.05) is 19.0 Å². The molecule has 0 aromatic rings. The maximum absolute atomic E-state index is 8.25. The highest BCUT2D eigenvalue weighted by atomic mass is 32.2. The lowest BCUT2D eigenvalue weighted by atomic mass is 10.2. The van der Waals surface area contributed by atoms with Crippen LogP contribution in [0.4, 0.5) is 0 Å². The van der Waals surface area contributed by atoms with Crippen molar-refractivity contribution in [2.24, 2.45) is 10.5 Å². The molecule has 0 amide bonds. The van der Waals surface area contributed by atoms with Gasteiger partial charge in [-0.15, -0.1) is 0 Å². The fraction of sp³-hybridized carbons (Fsp3) is 1.00. The van der Waals surface area contributed by atoms with Gasteiger partial charge in [-0.2, -0.15) is 11.8 Å². The molecule has 0 saturated heterocycles. The summed E-state index contributed by atoms with van der Waals surface area (Å²) in [6.07, 6.45) is 2.99. The van der Waals surface area contributed by atoms with Gasteiger partial charge in [0, 0.05) is 4.91 Å². The van der Waals surface area contributed by atoms with Gasteiger partial charge in [0.15, 0.2) is 0 Å². The summed E-state index contributed by atoms with van der Waals surface area (Å²) >= 11 is 1.65. The summed E-state index contributed by atoms with van der Waals surface area (Å²) in [5, 5.41) is 3.78. The monoisotopic (exact) mass is 157 g/mol. The largest absolute Gasteiger partial charge is 0.152 e. The molecular weight excluding hydrogens is 146 g/mol. The third-order valence-corrected chi connectivity index (χ3v) is 3.61. The van der Waals surface area contributed by atoms with Crippen LogP contribution in [-0.2, 0) is 0 Å². The first-order chi connectivity index (χ1) is 4.58. The fourth-order valence-corrected chi connectivity index (χ4v) is 2.36. The van der Waals surface area contributed by atoms with E-state index in [9.17, 15) is 0 Å². The van der Waals surface area contributed by atoms with E-state index in [1.807, 2.05) is 6.26 Å². The maximum Gasteiger partial charge on any atom is 0.0997 e. The summed E-state index contributed by atoms with van der Waals surface area (Å²) in [4.78, 5) is 2.70. The van der Waals surface area contributed by atoms with Crippen molar-refractivity contribution in [2.75, 3.05) is 6.26 Å². The smallest absolute Gasteiger partial charge is 0.0997 e. The SMILES string of the molecule is CSC1(N=[N+]=[N-])CC1(C)C. The Kier molecular flexibility index (Phi) is 1.61. The van der Waals surface area contributed by atoms with Gasteiger partial charge >= 0.3 is 0 Å². The Morgan fingerprint density at radius 3 is 2.20 bits per heavy atom. The molecule has 3 nitrogen and oxygen atoms in total. The van der Waals surface area contributed by atoms with Crippen molar-refractivity contribution in [1.82, 2.24) is 0 Å². The van der Waals surface area contributed by atoms with Crippen LogP contribution in [0.2, 0.25) is 0 Å². The predicted octanol–water partition coefficient (Wildman–Crippen LogP) is 2.79. The second-order valence-electron chi connectivity index (χ2n) is 3.24. The number of hydrogen-bond donors (Lipinski definition) is 0. The zero-order valence-electron chi connectivity index (χ0n) is 6.46. The third kappa shape index (κ3) is 0.879. The van der Waals surface area contributed by atoms with Crippen LogP contribution in [0, 0.1) is 5.41 Å². The first-order valence-electron chi connectivity index (χ1n) is 3.19. The standard InChI is InChI=1S/C6H11N3S/c1-5(2)4-6(5,10-3)8-9-7/h4H2,1-3H3. The molecule has 1 rings (SSSR count). The molecule has 0 aromatic carbocycles. The number of hydrogen-bond acceptors (Lipinski definition) is 2. The van der Waals surface area contributed by atoms with Crippen molar-refractivity contribution in [3.8, 4) is 0 Å². The van der Waals surface area contributed by atoms with E-state index in [1.165, 1.54) is 0 Å². The molecule has 0 aromatic heterocycles. The quantitative estimate of drug-likeness (QED) is 0.345. The van der Waals surface area contributed by atoms with Crippen molar-refractivity contribution in [3.05, 3.63) is 10.4 Å². The molecule has 0 bridgehead atoms. The van der Waals surface area contributed by atoms with Crippen LogP contribution in [0.5, 0.6) is 0 Å². The van der Waals surface area contributed by atoms with Gasteiger partial charge in [-0.3, -0.25) is 0 Å². The van der Waals surface area contributed by atoms with Gasteiger partial charge in [0.2, 0.25) is 0 Å². The van der Waals surface area contributed by atoms with Crippen molar-refractivity contribution < 1.29 is 0 Å². The van der Waals surface area contributed by atoms with E-state index in [0.29, 0.717) is 0 Å². The summed E-state index contributed by atoms with van der Waals surface area (Å²) in [7, 11) is 0. The van der Waals surface area contributed by atoms with Crippen LogP contribution in [-0.4, -0.2) is 11.1 Å². The van der Waals surface area contributed by atoms with E-state index in [0.717, 1.165) is 6.42 Å². The second kappa shape index (κ2) is 2.07. The highest BCUT2D eigenvalue weighted by Crippen LogP contribution is 2.64. The minimum absolute atomic E-state index is 0.137. The van der Waals surface area contributed by atoms with Gasteiger partial charge < -0.3 is 0 Å². The van der Waals surface area contributed by atoms with Gasteiger partial charge in [0.05, 0.1) is 4.87 Å².